The molecule has 90 valence electrons. The van der Waals surface area contributed by atoms with Crippen LogP contribution in [0.25, 0.3) is 10.8 Å². The number of hydrogen-bond acceptors (Lipinski definition) is 2. The Bertz CT molecular complexity index is 679. The predicted octanol–water partition coefficient (Wildman–Crippen LogP) is 3.79. The number of nitrogens with two attached hydrogens (primary N) is 1. The molecule has 0 aliphatic heterocycles. The van der Waals surface area contributed by atoms with Crippen LogP contribution in [0, 0.1) is 6.92 Å². The molecule has 18 heavy (non-hydrogen) atoms. The van der Waals surface area contributed by atoms with E-state index in [0.717, 1.165) is 16.9 Å². The third-order valence-electron chi connectivity index (χ3n) is 3.27. The van der Waals surface area contributed by atoms with Gasteiger partial charge in [-0.3, -0.25) is 0 Å². The summed E-state index contributed by atoms with van der Waals surface area (Å²) in [5, 5.41) is 2.41. The van der Waals surface area contributed by atoms with Crippen molar-refractivity contribution in [3.05, 3.63) is 71.7 Å². The van der Waals surface area contributed by atoms with Gasteiger partial charge in [0.2, 0.25) is 0 Å². The highest BCUT2D eigenvalue weighted by Gasteiger charge is 2.13. The minimum absolute atomic E-state index is 0.145. The van der Waals surface area contributed by atoms with Crippen LogP contribution in [0.3, 0.4) is 0 Å². The topological polar surface area (TPSA) is 39.2 Å². The number of furan rings is 1. The van der Waals surface area contributed by atoms with E-state index in [0.29, 0.717) is 0 Å². The molecular weight excluding hydrogens is 222 g/mol. The summed E-state index contributed by atoms with van der Waals surface area (Å²) >= 11 is 0. The molecular formula is C16H15NO. The highest BCUT2D eigenvalue weighted by Crippen LogP contribution is 2.28. The average molecular weight is 237 g/mol. The van der Waals surface area contributed by atoms with E-state index in [9.17, 15) is 0 Å². The van der Waals surface area contributed by atoms with Crippen LogP contribution < -0.4 is 5.73 Å². The van der Waals surface area contributed by atoms with Crippen molar-refractivity contribution < 1.29 is 4.42 Å². The predicted molar refractivity (Wildman–Crippen MR) is 73.4 cm³/mol. The quantitative estimate of drug-likeness (QED) is 0.736. The Balaban J connectivity index is 2.14. The third-order valence-corrected chi connectivity index (χ3v) is 3.27. The van der Waals surface area contributed by atoms with E-state index in [4.69, 9.17) is 10.2 Å². The van der Waals surface area contributed by atoms with Crippen LogP contribution in [-0.4, -0.2) is 0 Å². The fourth-order valence-electron chi connectivity index (χ4n) is 2.33. The van der Waals surface area contributed by atoms with Crippen molar-refractivity contribution in [3.8, 4) is 0 Å². The van der Waals surface area contributed by atoms with E-state index in [1.54, 1.807) is 6.26 Å². The summed E-state index contributed by atoms with van der Waals surface area (Å²) in [7, 11) is 0. The molecule has 0 amide bonds. The fourth-order valence-corrected chi connectivity index (χ4v) is 2.33. The lowest BCUT2D eigenvalue weighted by molar-refractivity contribution is 0.530. The van der Waals surface area contributed by atoms with Gasteiger partial charge in [0.05, 0.1) is 12.3 Å². The Morgan fingerprint density at radius 2 is 1.83 bits per heavy atom. The van der Waals surface area contributed by atoms with E-state index >= 15 is 0 Å². The zero-order valence-corrected chi connectivity index (χ0v) is 10.3. The van der Waals surface area contributed by atoms with Crippen LogP contribution in [0.1, 0.15) is 22.9 Å². The van der Waals surface area contributed by atoms with Gasteiger partial charge in [0.25, 0.3) is 0 Å². The average Bonchev–Trinajstić information content (AvgIpc) is 2.84. The smallest absolute Gasteiger partial charge is 0.101 e. The molecule has 1 unspecified atom stereocenters. The van der Waals surface area contributed by atoms with E-state index in [1.807, 2.05) is 31.2 Å². The van der Waals surface area contributed by atoms with Crippen molar-refractivity contribution in [1.82, 2.24) is 0 Å². The molecule has 0 aliphatic rings. The van der Waals surface area contributed by atoms with E-state index < -0.39 is 0 Å². The van der Waals surface area contributed by atoms with Gasteiger partial charge in [-0.2, -0.15) is 0 Å². The van der Waals surface area contributed by atoms with Gasteiger partial charge in [-0.25, -0.2) is 0 Å². The van der Waals surface area contributed by atoms with E-state index in [1.165, 1.54) is 10.8 Å². The molecule has 2 N–H and O–H groups in total. The summed E-state index contributed by atoms with van der Waals surface area (Å²) in [6, 6.07) is 16.4. The normalized spacial score (nSPS) is 12.8. The Hall–Kier alpha value is -2.06. The van der Waals surface area contributed by atoms with Crippen LogP contribution in [-0.2, 0) is 0 Å². The lowest BCUT2D eigenvalue weighted by atomic mass is 9.96. The number of benzene rings is 2. The molecule has 0 saturated heterocycles. The fraction of sp³-hybridized carbons (Fsp3) is 0.125. The number of hydrogen-bond donors (Lipinski definition) is 1. The molecule has 1 atom stereocenters. The van der Waals surface area contributed by atoms with Gasteiger partial charge in [0.1, 0.15) is 5.76 Å². The zero-order valence-electron chi connectivity index (χ0n) is 10.3. The molecule has 0 aliphatic carbocycles. The van der Waals surface area contributed by atoms with Crippen molar-refractivity contribution in [1.29, 1.82) is 0 Å². The van der Waals surface area contributed by atoms with Crippen LogP contribution >= 0.6 is 0 Å². The molecule has 0 fully saturated rings. The Morgan fingerprint density at radius 1 is 1.06 bits per heavy atom. The second-order valence-electron chi connectivity index (χ2n) is 4.54. The van der Waals surface area contributed by atoms with Gasteiger partial charge in [-0.05, 0) is 29.3 Å². The van der Waals surface area contributed by atoms with Gasteiger partial charge in [0, 0.05) is 5.56 Å². The maximum atomic E-state index is 6.34. The van der Waals surface area contributed by atoms with Crippen LogP contribution in [0.2, 0.25) is 0 Å². The standard InChI is InChI=1S/C16H15NO/c1-11-9-13(10-18-11)16(17)15-8-4-6-12-5-2-3-7-14(12)15/h2-10,16H,17H2,1H3. The molecule has 3 rings (SSSR count). The Morgan fingerprint density at radius 3 is 2.61 bits per heavy atom. The van der Waals surface area contributed by atoms with Gasteiger partial charge < -0.3 is 10.2 Å². The van der Waals surface area contributed by atoms with Crippen LogP contribution in [0.5, 0.6) is 0 Å². The summed E-state index contributed by atoms with van der Waals surface area (Å²) in [6.07, 6.45) is 1.74. The zero-order chi connectivity index (χ0) is 12.5. The maximum absolute atomic E-state index is 6.34. The highest BCUT2D eigenvalue weighted by atomic mass is 16.3. The van der Waals surface area contributed by atoms with Gasteiger partial charge in [0.15, 0.2) is 0 Å². The number of fused-ring (bicyclic) bond motifs is 1. The van der Waals surface area contributed by atoms with Gasteiger partial charge in [-0.15, -0.1) is 0 Å². The van der Waals surface area contributed by atoms with Crippen molar-refractivity contribution in [2.24, 2.45) is 5.73 Å². The van der Waals surface area contributed by atoms with E-state index in [-0.39, 0.29) is 6.04 Å². The summed E-state index contributed by atoms with van der Waals surface area (Å²) in [5.74, 6) is 0.890. The first-order valence-corrected chi connectivity index (χ1v) is 6.04. The van der Waals surface area contributed by atoms with Crippen molar-refractivity contribution in [2.75, 3.05) is 0 Å². The lowest BCUT2D eigenvalue weighted by Gasteiger charge is -2.13. The monoisotopic (exact) mass is 237 g/mol. The van der Waals surface area contributed by atoms with Crippen molar-refractivity contribution in [2.45, 2.75) is 13.0 Å². The third kappa shape index (κ3) is 1.81. The molecule has 1 aromatic heterocycles. The first-order valence-electron chi connectivity index (χ1n) is 6.04. The van der Waals surface area contributed by atoms with Crippen LogP contribution in [0.15, 0.2) is 59.2 Å². The summed E-state index contributed by atoms with van der Waals surface area (Å²) in [6.45, 7) is 1.93. The first-order chi connectivity index (χ1) is 8.75. The highest BCUT2D eigenvalue weighted by molar-refractivity contribution is 5.86. The molecule has 2 heteroatoms. The minimum Gasteiger partial charge on any atom is -0.469 e. The summed E-state index contributed by atoms with van der Waals surface area (Å²) < 4.78 is 5.34. The molecule has 0 radical (unpaired) electrons. The Kier molecular flexibility index (Phi) is 2.65. The van der Waals surface area contributed by atoms with Crippen molar-refractivity contribution in [3.63, 3.8) is 0 Å². The Labute approximate surface area is 106 Å². The molecule has 1 heterocycles. The van der Waals surface area contributed by atoms with Gasteiger partial charge in [-0.1, -0.05) is 42.5 Å². The largest absolute Gasteiger partial charge is 0.469 e. The first kappa shape index (κ1) is 11.1. The number of aryl methyl sites for hydroxylation is 1. The maximum Gasteiger partial charge on any atom is 0.101 e. The molecule has 0 bridgehead atoms. The second-order valence-corrected chi connectivity index (χ2v) is 4.54. The van der Waals surface area contributed by atoms with E-state index in [2.05, 4.69) is 24.3 Å². The number of rotatable bonds is 2. The lowest BCUT2D eigenvalue weighted by Crippen LogP contribution is -2.11. The molecule has 2 nitrogen and oxygen atoms in total. The second kappa shape index (κ2) is 4.31. The SMILES string of the molecule is Cc1cc(C(N)c2cccc3ccccc23)co1. The molecule has 0 spiro atoms. The molecule has 2 aromatic carbocycles. The molecule has 3 aromatic rings. The van der Waals surface area contributed by atoms with Crippen LogP contribution in [0.4, 0.5) is 0 Å². The minimum atomic E-state index is -0.145. The van der Waals surface area contributed by atoms with Crippen molar-refractivity contribution >= 4 is 10.8 Å². The van der Waals surface area contributed by atoms with Gasteiger partial charge >= 0.3 is 0 Å². The molecule has 0 saturated carbocycles. The summed E-state index contributed by atoms with van der Waals surface area (Å²) in [5.41, 5.74) is 8.49. The summed E-state index contributed by atoms with van der Waals surface area (Å²) in [4.78, 5) is 0.